The molecule has 1 atom stereocenters. The monoisotopic (exact) mass is 239 g/mol. The van der Waals surface area contributed by atoms with Crippen LogP contribution >= 0.6 is 24.8 Å². The van der Waals surface area contributed by atoms with Gasteiger partial charge in [-0.2, -0.15) is 0 Å². The number of nitrogens with zero attached hydrogens (tertiary/aromatic N) is 2. The van der Waals surface area contributed by atoms with Crippen molar-refractivity contribution in [3.05, 3.63) is 24.3 Å². The van der Waals surface area contributed by atoms with Gasteiger partial charge in [0.15, 0.2) is 0 Å². The van der Waals surface area contributed by atoms with Crippen LogP contribution in [-0.2, 0) is 11.2 Å². The van der Waals surface area contributed by atoms with Gasteiger partial charge in [-0.25, -0.2) is 9.97 Å². The van der Waals surface area contributed by atoms with Gasteiger partial charge in [-0.1, -0.05) is 0 Å². The van der Waals surface area contributed by atoms with E-state index in [9.17, 15) is 4.79 Å². The zero-order valence-electron chi connectivity index (χ0n) is 7.16. The molecule has 0 spiro atoms. The zero-order chi connectivity index (χ0) is 8.97. The highest BCUT2D eigenvalue weighted by atomic mass is 35.5. The lowest BCUT2D eigenvalue weighted by atomic mass is 10.1. The number of aromatic nitrogens is 2. The number of rotatable bonds is 3. The predicted molar refractivity (Wildman–Crippen MR) is 55.8 cm³/mol. The van der Waals surface area contributed by atoms with E-state index in [1.165, 1.54) is 6.33 Å². The fraction of sp³-hybridized carbons (Fsp3) is 0.286. The summed E-state index contributed by atoms with van der Waals surface area (Å²) in [7, 11) is 0. The molecular formula is C7H11Cl2N3O2. The molecule has 7 heteroatoms. The molecule has 5 nitrogen and oxygen atoms in total. The molecule has 0 amide bonds. The Morgan fingerprint density at radius 3 is 2.36 bits per heavy atom. The van der Waals surface area contributed by atoms with Crippen molar-refractivity contribution in [2.45, 2.75) is 12.5 Å². The quantitative estimate of drug-likeness (QED) is 0.791. The van der Waals surface area contributed by atoms with Gasteiger partial charge in [0, 0.05) is 18.8 Å². The van der Waals surface area contributed by atoms with Crippen molar-refractivity contribution >= 4 is 30.8 Å². The summed E-state index contributed by atoms with van der Waals surface area (Å²) in [6.07, 6.45) is 4.75. The molecule has 1 aromatic heterocycles. The number of halogens is 2. The maximum Gasteiger partial charge on any atom is 0.320 e. The summed E-state index contributed by atoms with van der Waals surface area (Å²) < 4.78 is 0. The minimum atomic E-state index is -1.01. The largest absolute Gasteiger partial charge is 0.480 e. The molecule has 0 radical (unpaired) electrons. The molecule has 0 bridgehead atoms. The average Bonchev–Trinajstić information content (AvgIpc) is 2.06. The van der Waals surface area contributed by atoms with Crippen LogP contribution in [0.1, 0.15) is 5.56 Å². The summed E-state index contributed by atoms with van der Waals surface area (Å²) in [6.45, 7) is 0. The van der Waals surface area contributed by atoms with Crippen LogP contribution < -0.4 is 5.73 Å². The van der Waals surface area contributed by atoms with E-state index in [4.69, 9.17) is 10.8 Å². The van der Waals surface area contributed by atoms with Crippen molar-refractivity contribution in [1.82, 2.24) is 9.97 Å². The van der Waals surface area contributed by atoms with Crippen molar-refractivity contribution in [2.75, 3.05) is 0 Å². The fourth-order valence-corrected chi connectivity index (χ4v) is 0.777. The van der Waals surface area contributed by atoms with Crippen molar-refractivity contribution in [3.63, 3.8) is 0 Å². The van der Waals surface area contributed by atoms with E-state index in [0.717, 1.165) is 5.56 Å². The Bertz CT molecular complexity index is 271. The number of carboxylic acid groups (broad SMARTS) is 1. The van der Waals surface area contributed by atoms with Gasteiger partial charge in [0.2, 0.25) is 0 Å². The molecular weight excluding hydrogens is 229 g/mol. The maximum absolute atomic E-state index is 10.3. The summed E-state index contributed by atoms with van der Waals surface area (Å²) in [6, 6.07) is -0.879. The highest BCUT2D eigenvalue weighted by Crippen LogP contribution is 1.97. The number of hydrogen-bond acceptors (Lipinski definition) is 4. The second kappa shape index (κ2) is 7.49. The van der Waals surface area contributed by atoms with Crippen molar-refractivity contribution < 1.29 is 9.90 Å². The first-order chi connectivity index (χ1) is 5.70. The van der Waals surface area contributed by atoms with E-state index in [-0.39, 0.29) is 31.2 Å². The summed E-state index contributed by atoms with van der Waals surface area (Å²) in [5.41, 5.74) is 6.02. The molecule has 0 saturated carbocycles. The second-order valence-electron chi connectivity index (χ2n) is 2.40. The number of carbonyl (C=O) groups is 1. The number of nitrogens with two attached hydrogens (primary N) is 1. The molecule has 1 aromatic rings. The molecule has 0 aliphatic rings. The van der Waals surface area contributed by atoms with Crippen LogP contribution in [0.25, 0.3) is 0 Å². The van der Waals surface area contributed by atoms with E-state index in [0.29, 0.717) is 0 Å². The minimum absolute atomic E-state index is 0. The number of carboxylic acids is 1. The van der Waals surface area contributed by atoms with Gasteiger partial charge in [-0.15, -0.1) is 24.8 Å². The van der Waals surface area contributed by atoms with Crippen LogP contribution in [0, 0.1) is 0 Å². The Labute approximate surface area is 93.6 Å². The minimum Gasteiger partial charge on any atom is -0.480 e. The first kappa shape index (κ1) is 15.6. The third kappa shape index (κ3) is 4.96. The zero-order valence-corrected chi connectivity index (χ0v) is 8.79. The van der Waals surface area contributed by atoms with Crippen LogP contribution in [0.15, 0.2) is 18.7 Å². The number of aliphatic carboxylic acids is 1. The highest BCUT2D eigenvalue weighted by Gasteiger charge is 2.11. The van der Waals surface area contributed by atoms with Crippen molar-refractivity contribution in [2.24, 2.45) is 5.73 Å². The number of hydrogen-bond donors (Lipinski definition) is 2. The van der Waals surface area contributed by atoms with Gasteiger partial charge in [0.05, 0.1) is 0 Å². The molecule has 0 fully saturated rings. The Morgan fingerprint density at radius 2 is 1.93 bits per heavy atom. The van der Waals surface area contributed by atoms with E-state index >= 15 is 0 Å². The Balaban J connectivity index is 0. The van der Waals surface area contributed by atoms with Gasteiger partial charge < -0.3 is 10.8 Å². The lowest BCUT2D eigenvalue weighted by Crippen LogP contribution is -2.32. The first-order valence-corrected chi connectivity index (χ1v) is 3.42. The molecule has 1 rings (SSSR count). The molecule has 0 saturated heterocycles. The Kier molecular flexibility index (Phi) is 8.32. The van der Waals surface area contributed by atoms with Crippen LogP contribution in [0.2, 0.25) is 0 Å². The standard InChI is InChI=1S/C7H9N3O2.2ClH/c8-6(7(11)12)1-5-2-9-4-10-3-5;;/h2-4,6H,1,8H2,(H,11,12);2*1H/t6-;;/m1../s1. The van der Waals surface area contributed by atoms with E-state index < -0.39 is 12.0 Å². The van der Waals surface area contributed by atoms with Gasteiger partial charge in [0.1, 0.15) is 12.4 Å². The predicted octanol–water partition coefficient (Wildman–Crippen LogP) is 0.275. The SMILES string of the molecule is Cl.Cl.N[C@H](Cc1cncnc1)C(=O)O. The van der Waals surface area contributed by atoms with Gasteiger partial charge in [0.25, 0.3) is 0 Å². The Hall–Kier alpha value is -0.910. The molecule has 0 unspecified atom stereocenters. The topological polar surface area (TPSA) is 89.1 Å². The average molecular weight is 240 g/mol. The molecule has 14 heavy (non-hydrogen) atoms. The van der Waals surface area contributed by atoms with Gasteiger partial charge >= 0.3 is 5.97 Å². The van der Waals surface area contributed by atoms with Crippen LogP contribution in [0.4, 0.5) is 0 Å². The normalized spacial score (nSPS) is 10.6. The fourth-order valence-electron chi connectivity index (χ4n) is 0.777. The smallest absolute Gasteiger partial charge is 0.320 e. The maximum atomic E-state index is 10.3. The second-order valence-corrected chi connectivity index (χ2v) is 2.40. The molecule has 0 aromatic carbocycles. The Morgan fingerprint density at radius 1 is 1.43 bits per heavy atom. The van der Waals surface area contributed by atoms with Crippen LogP contribution in [0.5, 0.6) is 0 Å². The van der Waals surface area contributed by atoms with Gasteiger partial charge in [-0.3, -0.25) is 4.79 Å². The lowest BCUT2D eigenvalue weighted by Gasteiger charge is -2.03. The van der Waals surface area contributed by atoms with Crippen LogP contribution in [0.3, 0.4) is 0 Å². The summed E-state index contributed by atoms with van der Waals surface area (Å²) in [5.74, 6) is -1.01. The summed E-state index contributed by atoms with van der Waals surface area (Å²) in [5, 5.41) is 8.48. The first-order valence-electron chi connectivity index (χ1n) is 3.42. The molecule has 1 heterocycles. The van der Waals surface area contributed by atoms with E-state index in [1.54, 1.807) is 12.4 Å². The molecule has 0 aliphatic carbocycles. The third-order valence-electron chi connectivity index (χ3n) is 1.39. The van der Waals surface area contributed by atoms with Crippen molar-refractivity contribution in [1.29, 1.82) is 0 Å². The van der Waals surface area contributed by atoms with E-state index in [2.05, 4.69) is 9.97 Å². The van der Waals surface area contributed by atoms with Crippen LogP contribution in [-0.4, -0.2) is 27.1 Å². The van der Waals surface area contributed by atoms with E-state index in [1.807, 2.05) is 0 Å². The van der Waals surface area contributed by atoms with Gasteiger partial charge in [-0.05, 0) is 5.56 Å². The molecule has 80 valence electrons. The third-order valence-corrected chi connectivity index (χ3v) is 1.39. The highest BCUT2D eigenvalue weighted by molar-refractivity contribution is 5.85. The molecule has 3 N–H and O–H groups in total. The lowest BCUT2D eigenvalue weighted by molar-refractivity contribution is -0.138. The molecule has 0 aliphatic heterocycles. The van der Waals surface area contributed by atoms with Crippen molar-refractivity contribution in [3.8, 4) is 0 Å². The summed E-state index contributed by atoms with van der Waals surface area (Å²) in [4.78, 5) is 17.8. The summed E-state index contributed by atoms with van der Waals surface area (Å²) >= 11 is 0.